The SMILES string of the molecule is CCOc1cc(/C=C2\SC(=Nc3ccc(C(=O)O)cc3)N(C)C2=O)cc(Br)c1OCc1ccc(C)cc1. The highest BCUT2D eigenvalue weighted by molar-refractivity contribution is 9.10. The largest absolute Gasteiger partial charge is 0.490 e. The molecule has 0 spiro atoms. The zero-order valence-corrected chi connectivity index (χ0v) is 22.9. The summed E-state index contributed by atoms with van der Waals surface area (Å²) in [6.07, 6.45) is 1.79. The number of likely N-dealkylation sites (N-methyl/N-ethyl adjacent to an activating group) is 1. The molecule has 3 aromatic carbocycles. The minimum atomic E-state index is -1.00. The van der Waals surface area contributed by atoms with Crippen LogP contribution >= 0.6 is 27.7 Å². The summed E-state index contributed by atoms with van der Waals surface area (Å²) in [7, 11) is 1.66. The Hall–Kier alpha value is -3.56. The first-order valence-corrected chi connectivity index (χ1v) is 13.1. The van der Waals surface area contributed by atoms with Crippen LogP contribution in [0.25, 0.3) is 6.08 Å². The van der Waals surface area contributed by atoms with E-state index in [9.17, 15) is 9.59 Å². The normalized spacial score (nSPS) is 15.5. The number of thioether (sulfide) groups is 1. The second-order valence-corrected chi connectivity index (χ2v) is 10.1. The lowest BCUT2D eigenvalue weighted by Crippen LogP contribution is -2.23. The Morgan fingerprint density at radius 3 is 2.46 bits per heavy atom. The number of hydrogen-bond donors (Lipinski definition) is 1. The van der Waals surface area contributed by atoms with Crippen LogP contribution in [0.2, 0.25) is 0 Å². The van der Waals surface area contributed by atoms with Crippen molar-refractivity contribution < 1.29 is 24.2 Å². The summed E-state index contributed by atoms with van der Waals surface area (Å²) in [4.78, 5) is 30.5. The van der Waals surface area contributed by atoms with Gasteiger partial charge in [-0.2, -0.15) is 0 Å². The maximum absolute atomic E-state index is 12.9. The molecule has 0 bridgehead atoms. The molecule has 0 radical (unpaired) electrons. The Balaban J connectivity index is 1.57. The summed E-state index contributed by atoms with van der Waals surface area (Å²) in [5, 5.41) is 9.57. The highest BCUT2D eigenvalue weighted by Gasteiger charge is 2.30. The predicted octanol–water partition coefficient (Wildman–Crippen LogP) is 6.67. The number of carbonyl (C=O) groups excluding carboxylic acids is 1. The molecule has 0 unspecified atom stereocenters. The lowest BCUT2D eigenvalue weighted by Gasteiger charge is -2.15. The van der Waals surface area contributed by atoms with E-state index in [1.54, 1.807) is 25.3 Å². The fourth-order valence-electron chi connectivity index (χ4n) is 3.51. The third-order valence-corrected chi connectivity index (χ3v) is 7.12. The molecular weight excluding hydrogens is 556 g/mol. The molecule has 1 fully saturated rings. The van der Waals surface area contributed by atoms with Crippen molar-refractivity contribution >= 4 is 56.5 Å². The van der Waals surface area contributed by atoms with E-state index < -0.39 is 5.97 Å². The quantitative estimate of drug-likeness (QED) is 0.299. The lowest BCUT2D eigenvalue weighted by molar-refractivity contribution is -0.121. The van der Waals surface area contributed by atoms with Gasteiger partial charge in [-0.25, -0.2) is 9.79 Å². The van der Waals surface area contributed by atoms with Crippen LogP contribution in [-0.4, -0.2) is 40.7 Å². The van der Waals surface area contributed by atoms with Gasteiger partial charge in [-0.1, -0.05) is 29.8 Å². The number of nitrogens with zero attached hydrogens (tertiary/aromatic N) is 2. The molecule has 3 aromatic rings. The molecular formula is C28H25BrN2O5S. The van der Waals surface area contributed by atoms with Crippen LogP contribution in [0.1, 0.15) is 34.0 Å². The third-order valence-electron chi connectivity index (χ3n) is 5.48. The van der Waals surface area contributed by atoms with Gasteiger partial charge in [0, 0.05) is 7.05 Å². The number of aliphatic imine (C=N–C) groups is 1. The monoisotopic (exact) mass is 580 g/mol. The summed E-state index contributed by atoms with van der Waals surface area (Å²) in [6.45, 7) is 4.80. The van der Waals surface area contributed by atoms with E-state index in [1.165, 1.54) is 34.4 Å². The number of amides is 1. The number of carboxylic acids is 1. The molecule has 1 aliphatic heterocycles. The van der Waals surface area contributed by atoms with Crippen LogP contribution in [-0.2, 0) is 11.4 Å². The Labute approximate surface area is 227 Å². The highest BCUT2D eigenvalue weighted by Crippen LogP contribution is 2.40. The van der Waals surface area contributed by atoms with Crippen molar-refractivity contribution in [3.8, 4) is 11.5 Å². The standard InChI is InChI=1S/C28H25BrN2O5S/c1-4-35-23-14-19(13-22(29)25(23)36-16-18-7-5-17(2)6-8-18)15-24-26(32)31(3)28(37-24)30-21-11-9-20(10-12-21)27(33)34/h5-15H,4,16H2,1-3H3,(H,33,34)/b24-15-,30-28?. The number of aryl methyl sites for hydroxylation is 1. The molecule has 190 valence electrons. The van der Waals surface area contributed by atoms with Crippen molar-refractivity contribution in [1.29, 1.82) is 0 Å². The van der Waals surface area contributed by atoms with Gasteiger partial charge in [0.1, 0.15) is 6.61 Å². The van der Waals surface area contributed by atoms with Crippen LogP contribution in [0.4, 0.5) is 5.69 Å². The van der Waals surface area contributed by atoms with Crippen LogP contribution in [0.3, 0.4) is 0 Å². The minimum absolute atomic E-state index is 0.176. The van der Waals surface area contributed by atoms with E-state index in [0.29, 0.717) is 44.9 Å². The summed E-state index contributed by atoms with van der Waals surface area (Å²) in [5.74, 6) is -0.0120. The summed E-state index contributed by atoms with van der Waals surface area (Å²) in [5.41, 5.74) is 3.74. The predicted molar refractivity (Wildman–Crippen MR) is 150 cm³/mol. The first-order chi connectivity index (χ1) is 17.7. The van der Waals surface area contributed by atoms with Gasteiger partial charge in [-0.15, -0.1) is 0 Å². The smallest absolute Gasteiger partial charge is 0.335 e. The van der Waals surface area contributed by atoms with Gasteiger partial charge in [0.2, 0.25) is 0 Å². The van der Waals surface area contributed by atoms with Gasteiger partial charge in [0.15, 0.2) is 16.7 Å². The summed E-state index contributed by atoms with van der Waals surface area (Å²) in [6, 6.07) is 18.1. The van der Waals surface area contributed by atoms with E-state index in [1.807, 2.05) is 50.2 Å². The molecule has 1 aliphatic rings. The Bertz CT molecular complexity index is 1380. The molecule has 0 atom stereocenters. The number of amidine groups is 1. The minimum Gasteiger partial charge on any atom is -0.490 e. The Morgan fingerprint density at radius 2 is 1.81 bits per heavy atom. The molecule has 0 aromatic heterocycles. The second-order valence-electron chi connectivity index (χ2n) is 8.26. The number of benzene rings is 3. The molecule has 7 nitrogen and oxygen atoms in total. The number of aromatic carboxylic acids is 1. The molecule has 1 N–H and O–H groups in total. The molecule has 4 rings (SSSR count). The van der Waals surface area contributed by atoms with Gasteiger partial charge in [0.05, 0.1) is 27.2 Å². The van der Waals surface area contributed by atoms with Gasteiger partial charge in [0.25, 0.3) is 5.91 Å². The fourth-order valence-corrected chi connectivity index (χ4v) is 5.07. The topological polar surface area (TPSA) is 88.4 Å². The van der Waals surface area contributed by atoms with Crippen molar-refractivity contribution in [2.24, 2.45) is 4.99 Å². The molecule has 1 saturated heterocycles. The number of ether oxygens (including phenoxy) is 2. The molecule has 1 amide bonds. The zero-order valence-electron chi connectivity index (χ0n) is 20.5. The van der Waals surface area contributed by atoms with Crippen molar-refractivity contribution in [3.05, 3.63) is 92.3 Å². The molecule has 37 heavy (non-hydrogen) atoms. The van der Waals surface area contributed by atoms with Crippen molar-refractivity contribution in [1.82, 2.24) is 4.90 Å². The van der Waals surface area contributed by atoms with Gasteiger partial charge in [-0.05, 0) is 95.1 Å². The average Bonchev–Trinajstić information content (AvgIpc) is 3.12. The number of hydrogen-bond acceptors (Lipinski definition) is 6. The third kappa shape index (κ3) is 6.42. The van der Waals surface area contributed by atoms with Crippen molar-refractivity contribution in [2.45, 2.75) is 20.5 Å². The Kier molecular flexibility index (Phi) is 8.35. The lowest BCUT2D eigenvalue weighted by atomic mass is 10.1. The van der Waals surface area contributed by atoms with E-state index in [4.69, 9.17) is 14.6 Å². The van der Waals surface area contributed by atoms with Crippen molar-refractivity contribution in [2.75, 3.05) is 13.7 Å². The summed E-state index contributed by atoms with van der Waals surface area (Å²) >= 11 is 4.85. The molecule has 1 heterocycles. The molecule has 0 saturated carbocycles. The van der Waals surface area contributed by atoms with Crippen LogP contribution in [0, 0.1) is 6.92 Å². The number of carbonyl (C=O) groups is 2. The summed E-state index contributed by atoms with van der Waals surface area (Å²) < 4.78 is 12.7. The molecule has 0 aliphatic carbocycles. The van der Waals surface area contributed by atoms with Crippen molar-refractivity contribution in [3.63, 3.8) is 0 Å². The Morgan fingerprint density at radius 1 is 1.11 bits per heavy atom. The fraction of sp³-hybridized carbons (Fsp3) is 0.179. The van der Waals surface area contributed by atoms with Gasteiger partial charge in [-0.3, -0.25) is 9.69 Å². The number of carboxylic acid groups (broad SMARTS) is 1. The first kappa shape index (κ1) is 26.5. The van der Waals surface area contributed by atoms with Gasteiger partial charge >= 0.3 is 5.97 Å². The van der Waals surface area contributed by atoms with E-state index in [2.05, 4.69) is 20.9 Å². The van der Waals surface area contributed by atoms with E-state index in [-0.39, 0.29) is 11.5 Å². The molecule has 9 heteroatoms. The van der Waals surface area contributed by atoms with E-state index >= 15 is 0 Å². The maximum atomic E-state index is 12.9. The van der Waals surface area contributed by atoms with E-state index in [0.717, 1.165) is 11.1 Å². The average molecular weight is 581 g/mol. The highest BCUT2D eigenvalue weighted by atomic mass is 79.9. The van der Waals surface area contributed by atoms with Gasteiger partial charge < -0.3 is 14.6 Å². The second kappa shape index (κ2) is 11.7. The first-order valence-electron chi connectivity index (χ1n) is 11.5. The van der Waals surface area contributed by atoms with Crippen LogP contribution < -0.4 is 9.47 Å². The van der Waals surface area contributed by atoms with Crippen LogP contribution in [0.15, 0.2) is 75.0 Å². The number of halogens is 1. The zero-order chi connectivity index (χ0) is 26.5. The maximum Gasteiger partial charge on any atom is 0.335 e. The number of rotatable bonds is 8. The van der Waals surface area contributed by atoms with Crippen LogP contribution in [0.5, 0.6) is 11.5 Å².